The van der Waals surface area contributed by atoms with Crippen LogP contribution in [0.4, 0.5) is 5.69 Å². The molecular weight excluding hydrogens is 418 g/mol. The molecule has 4 aromatic rings. The molecule has 1 aliphatic heterocycles. The molecular formula is C25H25N5O3. The zero-order valence-corrected chi connectivity index (χ0v) is 18.6. The molecule has 0 unspecified atom stereocenters. The summed E-state index contributed by atoms with van der Waals surface area (Å²) in [5.41, 5.74) is 6.86. The summed E-state index contributed by atoms with van der Waals surface area (Å²) in [6.45, 7) is 4.37. The number of pyridine rings is 1. The second-order valence-electron chi connectivity index (χ2n) is 8.39. The Morgan fingerprint density at radius 2 is 1.82 bits per heavy atom. The number of aliphatic hydroxyl groups is 1. The lowest BCUT2D eigenvalue weighted by Gasteiger charge is -2.16. The number of aliphatic hydroxyl groups excluding tert-OH is 1. The van der Waals surface area contributed by atoms with Gasteiger partial charge in [-0.1, -0.05) is 12.1 Å². The average molecular weight is 444 g/mol. The fourth-order valence-corrected chi connectivity index (χ4v) is 4.57. The lowest BCUT2D eigenvalue weighted by molar-refractivity contribution is -0.117. The molecule has 8 heteroatoms. The quantitative estimate of drug-likeness (QED) is 0.494. The Balaban J connectivity index is 1.55. The minimum atomic E-state index is -0.221. The van der Waals surface area contributed by atoms with Crippen molar-refractivity contribution in [3.05, 3.63) is 70.0 Å². The molecule has 3 aromatic heterocycles. The van der Waals surface area contributed by atoms with E-state index in [-0.39, 0.29) is 24.5 Å². The minimum absolute atomic E-state index is 0.0980. The number of aromatic amines is 1. The van der Waals surface area contributed by atoms with Crippen LogP contribution in [-0.2, 0) is 11.2 Å². The molecule has 0 spiro atoms. The maximum Gasteiger partial charge on any atom is 0.277 e. The number of carbonyl (C=O) groups is 1. The monoisotopic (exact) mass is 443 g/mol. The molecule has 0 radical (unpaired) electrons. The number of carbonyl (C=O) groups excluding carboxylic acids is 1. The van der Waals surface area contributed by atoms with Crippen LogP contribution in [0.2, 0.25) is 0 Å². The molecule has 33 heavy (non-hydrogen) atoms. The fourth-order valence-electron chi connectivity index (χ4n) is 4.57. The van der Waals surface area contributed by atoms with E-state index in [0.29, 0.717) is 23.3 Å². The predicted octanol–water partition coefficient (Wildman–Crippen LogP) is 3.03. The number of hydrogen-bond donors (Lipinski definition) is 2. The van der Waals surface area contributed by atoms with Crippen LogP contribution in [0.3, 0.4) is 0 Å². The standard InChI is InChI=1S/C25H25N5O3/c1-15-21(9-11-31)25(33)30-24(27-15)23(16(2)28-30)19-12-18(13-26-14-19)17-5-7-20(8-6-17)29-10-3-4-22(29)32/h5-8,12-14,27,31H,3-4,9-11H2,1-2H3. The Hall–Kier alpha value is -3.78. The van der Waals surface area contributed by atoms with Crippen molar-refractivity contribution in [1.29, 1.82) is 0 Å². The molecule has 2 N–H and O–H groups in total. The Morgan fingerprint density at radius 1 is 1.06 bits per heavy atom. The maximum absolute atomic E-state index is 12.9. The van der Waals surface area contributed by atoms with Crippen LogP contribution in [0.15, 0.2) is 47.5 Å². The van der Waals surface area contributed by atoms with E-state index < -0.39 is 0 Å². The molecule has 0 atom stereocenters. The van der Waals surface area contributed by atoms with E-state index in [1.807, 2.05) is 49.1 Å². The molecule has 1 fully saturated rings. The maximum atomic E-state index is 12.9. The number of rotatable bonds is 5. The number of hydrogen-bond acceptors (Lipinski definition) is 5. The Morgan fingerprint density at radius 3 is 2.52 bits per heavy atom. The predicted molar refractivity (Wildman–Crippen MR) is 126 cm³/mol. The van der Waals surface area contributed by atoms with E-state index in [0.717, 1.165) is 46.6 Å². The summed E-state index contributed by atoms with van der Waals surface area (Å²) >= 11 is 0. The molecule has 168 valence electrons. The smallest absolute Gasteiger partial charge is 0.277 e. The van der Waals surface area contributed by atoms with Crippen molar-refractivity contribution in [1.82, 2.24) is 19.6 Å². The first-order chi connectivity index (χ1) is 16.0. The summed E-state index contributed by atoms with van der Waals surface area (Å²) in [4.78, 5) is 34.5. The fraction of sp³-hybridized carbons (Fsp3) is 0.280. The molecule has 1 amide bonds. The Kier molecular flexibility index (Phi) is 5.30. The van der Waals surface area contributed by atoms with Crippen molar-refractivity contribution in [2.24, 2.45) is 0 Å². The summed E-state index contributed by atoms with van der Waals surface area (Å²) in [6, 6.07) is 9.96. The van der Waals surface area contributed by atoms with Gasteiger partial charge in [-0.3, -0.25) is 14.6 Å². The topological polar surface area (TPSA) is 104 Å². The van der Waals surface area contributed by atoms with Crippen molar-refractivity contribution < 1.29 is 9.90 Å². The van der Waals surface area contributed by atoms with Gasteiger partial charge < -0.3 is 15.0 Å². The van der Waals surface area contributed by atoms with Crippen molar-refractivity contribution in [3.8, 4) is 22.3 Å². The van der Waals surface area contributed by atoms with E-state index in [9.17, 15) is 14.7 Å². The third-order valence-electron chi connectivity index (χ3n) is 6.24. The molecule has 0 saturated carbocycles. The van der Waals surface area contributed by atoms with Crippen molar-refractivity contribution >= 4 is 17.2 Å². The third kappa shape index (κ3) is 3.62. The van der Waals surface area contributed by atoms with Crippen molar-refractivity contribution in [2.75, 3.05) is 18.1 Å². The average Bonchev–Trinajstić information content (AvgIpc) is 3.39. The summed E-state index contributed by atoms with van der Waals surface area (Å²) in [5.74, 6) is 0.168. The molecule has 8 nitrogen and oxygen atoms in total. The molecule has 1 aliphatic rings. The first-order valence-corrected chi connectivity index (χ1v) is 11.1. The first kappa shape index (κ1) is 21.1. The van der Waals surface area contributed by atoms with Crippen molar-refractivity contribution in [2.45, 2.75) is 33.1 Å². The van der Waals surface area contributed by atoms with Gasteiger partial charge in [-0.05, 0) is 44.0 Å². The van der Waals surface area contributed by atoms with E-state index in [4.69, 9.17) is 0 Å². The first-order valence-electron chi connectivity index (χ1n) is 11.1. The van der Waals surface area contributed by atoms with E-state index >= 15 is 0 Å². The SMILES string of the molecule is Cc1nn2c(=O)c(CCO)c(C)[nH]c2c1-c1cncc(-c2ccc(N3CCCC3=O)cc2)c1. The van der Waals surface area contributed by atoms with Crippen LogP contribution < -0.4 is 10.5 Å². The zero-order chi connectivity index (χ0) is 23.1. The van der Waals surface area contributed by atoms with Gasteiger partial charge in [-0.2, -0.15) is 9.61 Å². The second kappa shape index (κ2) is 8.29. The summed E-state index contributed by atoms with van der Waals surface area (Å²) < 4.78 is 1.37. The normalized spacial score (nSPS) is 13.9. The molecule has 1 aromatic carbocycles. The molecule has 0 bridgehead atoms. The minimum Gasteiger partial charge on any atom is -0.396 e. The van der Waals surface area contributed by atoms with Crippen LogP contribution in [0.5, 0.6) is 0 Å². The van der Waals surface area contributed by atoms with Crippen LogP contribution in [0, 0.1) is 13.8 Å². The summed E-state index contributed by atoms with van der Waals surface area (Å²) in [6.07, 6.45) is 5.35. The van der Waals surface area contributed by atoms with Gasteiger partial charge in [0.15, 0.2) is 0 Å². The van der Waals surface area contributed by atoms with E-state index in [2.05, 4.69) is 15.1 Å². The van der Waals surface area contributed by atoms with Gasteiger partial charge in [0, 0.05) is 72.0 Å². The van der Waals surface area contributed by atoms with Crippen LogP contribution in [0.1, 0.15) is 29.8 Å². The van der Waals surface area contributed by atoms with Gasteiger partial charge in [0.25, 0.3) is 5.56 Å². The number of aryl methyl sites for hydroxylation is 2. The molecule has 4 heterocycles. The number of benzene rings is 1. The highest BCUT2D eigenvalue weighted by Gasteiger charge is 2.22. The van der Waals surface area contributed by atoms with Gasteiger partial charge >= 0.3 is 0 Å². The van der Waals surface area contributed by atoms with Gasteiger partial charge in [0.2, 0.25) is 5.91 Å². The van der Waals surface area contributed by atoms with Crippen molar-refractivity contribution in [3.63, 3.8) is 0 Å². The number of amides is 1. The zero-order valence-electron chi connectivity index (χ0n) is 18.6. The highest BCUT2D eigenvalue weighted by atomic mass is 16.3. The van der Waals surface area contributed by atoms with Gasteiger partial charge in [-0.25, -0.2) is 0 Å². The lowest BCUT2D eigenvalue weighted by Crippen LogP contribution is -2.23. The molecule has 5 rings (SSSR count). The van der Waals surface area contributed by atoms with Crippen LogP contribution >= 0.6 is 0 Å². The Bertz CT molecular complexity index is 1420. The van der Waals surface area contributed by atoms with Crippen LogP contribution in [0.25, 0.3) is 27.9 Å². The largest absolute Gasteiger partial charge is 0.396 e. The second-order valence-corrected chi connectivity index (χ2v) is 8.39. The third-order valence-corrected chi connectivity index (χ3v) is 6.24. The summed E-state index contributed by atoms with van der Waals surface area (Å²) in [7, 11) is 0. The number of nitrogens with one attached hydrogen (secondary N) is 1. The Labute approximate surface area is 190 Å². The highest BCUT2D eigenvalue weighted by molar-refractivity contribution is 5.95. The number of H-pyrrole nitrogens is 1. The van der Waals surface area contributed by atoms with Gasteiger partial charge in [-0.15, -0.1) is 0 Å². The number of anilines is 1. The number of fused-ring (bicyclic) bond motifs is 1. The summed E-state index contributed by atoms with van der Waals surface area (Å²) in [5, 5.41) is 13.8. The van der Waals surface area contributed by atoms with Gasteiger partial charge in [0.1, 0.15) is 5.65 Å². The number of nitrogens with zero attached hydrogens (tertiary/aromatic N) is 4. The van der Waals surface area contributed by atoms with E-state index in [1.54, 1.807) is 12.4 Å². The van der Waals surface area contributed by atoms with Gasteiger partial charge in [0.05, 0.1) is 5.69 Å². The molecule has 1 saturated heterocycles. The number of aromatic nitrogens is 4. The van der Waals surface area contributed by atoms with Crippen LogP contribution in [-0.4, -0.2) is 43.7 Å². The lowest BCUT2D eigenvalue weighted by atomic mass is 10.0. The molecule has 0 aliphatic carbocycles. The highest BCUT2D eigenvalue weighted by Crippen LogP contribution is 2.31. The van der Waals surface area contributed by atoms with E-state index in [1.165, 1.54) is 4.52 Å².